The molecule has 0 radical (unpaired) electrons. The monoisotopic (exact) mass is 390 g/mol. The quantitative estimate of drug-likeness (QED) is 0.489. The second-order valence-electron chi connectivity index (χ2n) is 7.30. The van der Waals surface area contributed by atoms with Crippen molar-refractivity contribution in [2.75, 3.05) is 5.75 Å². The first kappa shape index (κ1) is 18.7. The number of thioether (sulfide) groups is 1. The Morgan fingerprint density at radius 2 is 1.86 bits per heavy atom. The van der Waals surface area contributed by atoms with Gasteiger partial charge in [-0.15, -0.1) is 0 Å². The molecule has 1 aromatic heterocycles. The minimum absolute atomic E-state index is 0.0659. The molecule has 2 aromatic carbocycles. The number of aryl methyl sites for hydroxylation is 2. The number of amides is 1. The molecule has 0 spiro atoms. The van der Waals surface area contributed by atoms with Gasteiger partial charge >= 0.3 is 0 Å². The summed E-state index contributed by atoms with van der Waals surface area (Å²) in [4.78, 5) is 30.0. The molecule has 1 aliphatic rings. The predicted molar refractivity (Wildman–Crippen MR) is 113 cm³/mol. The maximum atomic E-state index is 12.7. The van der Waals surface area contributed by atoms with E-state index in [-0.39, 0.29) is 11.7 Å². The van der Waals surface area contributed by atoms with Gasteiger partial charge in [0.2, 0.25) is 0 Å². The summed E-state index contributed by atoms with van der Waals surface area (Å²) in [6.45, 7) is 3.94. The number of fused-ring (bicyclic) bond motifs is 1. The van der Waals surface area contributed by atoms with Crippen molar-refractivity contribution in [3.63, 3.8) is 0 Å². The molecular formula is C23H22N2O2S. The van der Waals surface area contributed by atoms with Crippen LogP contribution in [0, 0.1) is 13.8 Å². The van der Waals surface area contributed by atoms with Gasteiger partial charge in [0.15, 0.2) is 5.78 Å². The van der Waals surface area contributed by atoms with Crippen LogP contribution < -0.4 is 5.32 Å². The molecule has 1 fully saturated rings. The highest BCUT2D eigenvalue weighted by Gasteiger charge is 2.25. The van der Waals surface area contributed by atoms with Gasteiger partial charge in [-0.1, -0.05) is 47.7 Å². The van der Waals surface area contributed by atoms with Crippen LogP contribution in [0.4, 0.5) is 0 Å². The Hall–Kier alpha value is -2.66. The van der Waals surface area contributed by atoms with Crippen molar-refractivity contribution >= 4 is 34.4 Å². The summed E-state index contributed by atoms with van der Waals surface area (Å²) in [7, 11) is 0. The lowest BCUT2D eigenvalue weighted by Crippen LogP contribution is -2.25. The van der Waals surface area contributed by atoms with E-state index in [4.69, 9.17) is 0 Å². The first-order chi connectivity index (χ1) is 13.5. The van der Waals surface area contributed by atoms with Gasteiger partial charge in [-0.3, -0.25) is 9.59 Å². The molecule has 1 amide bonds. The number of nitrogens with one attached hydrogen (secondary N) is 1. The molecule has 0 aliphatic heterocycles. The molecule has 0 unspecified atom stereocenters. The lowest BCUT2D eigenvalue weighted by atomic mass is 10.0. The summed E-state index contributed by atoms with van der Waals surface area (Å²) in [5, 5.41) is 4.58. The summed E-state index contributed by atoms with van der Waals surface area (Å²) in [5.41, 5.74) is 4.20. The molecule has 5 heteroatoms. The number of benzene rings is 2. The number of carbonyl (C=O) groups excluding carboxylic acids is 2. The highest BCUT2D eigenvalue weighted by atomic mass is 32.2. The van der Waals surface area contributed by atoms with Gasteiger partial charge in [-0.2, -0.15) is 0 Å². The average molecular weight is 391 g/mol. The van der Waals surface area contributed by atoms with Crippen molar-refractivity contribution in [1.29, 1.82) is 0 Å². The fourth-order valence-electron chi connectivity index (χ4n) is 3.16. The van der Waals surface area contributed by atoms with E-state index >= 15 is 0 Å². The number of ketones is 1. The minimum Gasteiger partial charge on any atom is -0.349 e. The number of para-hydroxylation sites is 1. The third-order valence-electron chi connectivity index (χ3n) is 4.89. The molecular weight excluding hydrogens is 368 g/mol. The zero-order valence-corrected chi connectivity index (χ0v) is 16.8. The van der Waals surface area contributed by atoms with Crippen LogP contribution in [-0.2, 0) is 0 Å². The standard InChI is InChI=1S/C23H22N2O2S/c1-14-7-8-15(2)18(11-14)21(26)13-28-22-12-19(23(27)24-16-9-10-16)17-5-3-4-6-20(17)25-22/h3-8,11-12,16H,9-10,13H2,1-2H3,(H,24,27). The summed E-state index contributed by atoms with van der Waals surface area (Å²) >= 11 is 1.38. The molecule has 0 atom stereocenters. The van der Waals surface area contributed by atoms with Crippen LogP contribution in [0.25, 0.3) is 10.9 Å². The van der Waals surface area contributed by atoms with E-state index in [0.29, 0.717) is 22.4 Å². The Bertz CT molecular complexity index is 1070. The maximum Gasteiger partial charge on any atom is 0.252 e. The van der Waals surface area contributed by atoms with E-state index in [9.17, 15) is 9.59 Å². The fourth-order valence-corrected chi connectivity index (χ4v) is 3.96. The number of Topliss-reactive ketones (excluding diaryl/α,β-unsaturated/α-hetero) is 1. The van der Waals surface area contributed by atoms with Crippen molar-refractivity contribution in [2.24, 2.45) is 0 Å². The zero-order valence-electron chi connectivity index (χ0n) is 16.0. The topological polar surface area (TPSA) is 59.1 Å². The Morgan fingerprint density at radius 3 is 2.64 bits per heavy atom. The van der Waals surface area contributed by atoms with Gasteiger partial charge in [0.1, 0.15) is 0 Å². The predicted octanol–water partition coefficient (Wildman–Crippen LogP) is 4.72. The summed E-state index contributed by atoms with van der Waals surface area (Å²) in [6.07, 6.45) is 2.08. The van der Waals surface area contributed by atoms with Crippen LogP contribution >= 0.6 is 11.8 Å². The third-order valence-corrected chi connectivity index (χ3v) is 5.81. The number of aromatic nitrogens is 1. The molecule has 1 N–H and O–H groups in total. The molecule has 0 saturated heterocycles. The second kappa shape index (κ2) is 7.76. The van der Waals surface area contributed by atoms with Crippen LogP contribution in [-0.4, -0.2) is 28.5 Å². The number of hydrogen-bond donors (Lipinski definition) is 1. The average Bonchev–Trinajstić information content (AvgIpc) is 3.51. The lowest BCUT2D eigenvalue weighted by molar-refractivity contribution is 0.0951. The van der Waals surface area contributed by atoms with E-state index < -0.39 is 0 Å². The van der Waals surface area contributed by atoms with Crippen LogP contribution in [0.15, 0.2) is 53.6 Å². The third kappa shape index (κ3) is 4.09. The van der Waals surface area contributed by atoms with Gasteiger partial charge in [0, 0.05) is 17.0 Å². The Labute approximate surface area is 168 Å². The van der Waals surface area contributed by atoms with E-state index in [1.165, 1.54) is 11.8 Å². The van der Waals surface area contributed by atoms with Crippen molar-refractivity contribution < 1.29 is 9.59 Å². The van der Waals surface area contributed by atoms with Gasteiger partial charge in [-0.25, -0.2) is 4.98 Å². The first-order valence-electron chi connectivity index (χ1n) is 9.45. The van der Waals surface area contributed by atoms with Crippen molar-refractivity contribution in [2.45, 2.75) is 37.8 Å². The van der Waals surface area contributed by atoms with Crippen molar-refractivity contribution in [3.8, 4) is 0 Å². The minimum atomic E-state index is -0.0659. The molecule has 1 heterocycles. The number of nitrogens with zero attached hydrogens (tertiary/aromatic N) is 1. The van der Waals surface area contributed by atoms with Gasteiger partial charge in [-0.05, 0) is 50.5 Å². The van der Waals surface area contributed by atoms with Crippen LogP contribution in [0.3, 0.4) is 0 Å². The molecule has 0 bridgehead atoms. The molecule has 4 rings (SSSR count). The summed E-state index contributed by atoms with van der Waals surface area (Å²) in [6, 6.07) is 15.7. The molecule has 4 nitrogen and oxygen atoms in total. The Morgan fingerprint density at radius 1 is 1.07 bits per heavy atom. The van der Waals surface area contributed by atoms with Gasteiger partial charge in [0.05, 0.1) is 21.9 Å². The van der Waals surface area contributed by atoms with E-state index in [2.05, 4.69) is 10.3 Å². The van der Waals surface area contributed by atoms with Crippen LogP contribution in [0.1, 0.15) is 44.7 Å². The molecule has 142 valence electrons. The molecule has 3 aromatic rings. The highest BCUT2D eigenvalue weighted by molar-refractivity contribution is 7.99. The lowest BCUT2D eigenvalue weighted by Gasteiger charge is -2.10. The van der Waals surface area contributed by atoms with E-state index in [1.807, 2.05) is 56.3 Å². The van der Waals surface area contributed by atoms with Crippen molar-refractivity contribution in [1.82, 2.24) is 10.3 Å². The SMILES string of the molecule is Cc1ccc(C)c(C(=O)CSc2cc(C(=O)NC3CC3)c3ccccc3n2)c1. The number of carbonyl (C=O) groups is 2. The summed E-state index contributed by atoms with van der Waals surface area (Å²) in [5.74, 6) is 0.299. The molecule has 28 heavy (non-hydrogen) atoms. The molecule has 1 saturated carbocycles. The Balaban J connectivity index is 1.59. The van der Waals surface area contributed by atoms with Crippen LogP contribution in [0.5, 0.6) is 0 Å². The van der Waals surface area contributed by atoms with Crippen LogP contribution in [0.2, 0.25) is 0 Å². The van der Waals surface area contributed by atoms with Gasteiger partial charge in [0.25, 0.3) is 5.91 Å². The summed E-state index contributed by atoms with van der Waals surface area (Å²) < 4.78 is 0. The number of rotatable bonds is 6. The number of hydrogen-bond acceptors (Lipinski definition) is 4. The second-order valence-corrected chi connectivity index (χ2v) is 8.30. The zero-order chi connectivity index (χ0) is 19.7. The number of pyridine rings is 1. The van der Waals surface area contributed by atoms with E-state index in [0.717, 1.165) is 40.4 Å². The normalized spacial score (nSPS) is 13.5. The largest absolute Gasteiger partial charge is 0.349 e. The highest BCUT2D eigenvalue weighted by Crippen LogP contribution is 2.27. The van der Waals surface area contributed by atoms with Gasteiger partial charge < -0.3 is 5.32 Å². The first-order valence-corrected chi connectivity index (χ1v) is 10.4. The Kier molecular flexibility index (Phi) is 5.18. The molecule has 1 aliphatic carbocycles. The maximum absolute atomic E-state index is 12.7. The van der Waals surface area contributed by atoms with E-state index in [1.54, 1.807) is 6.07 Å². The fraction of sp³-hybridized carbons (Fsp3) is 0.261. The smallest absolute Gasteiger partial charge is 0.252 e. The van der Waals surface area contributed by atoms with Crippen molar-refractivity contribution in [3.05, 3.63) is 70.8 Å².